The first-order chi connectivity index (χ1) is 6.75. The lowest BCUT2D eigenvalue weighted by molar-refractivity contribution is -0.120. The third-order valence-corrected chi connectivity index (χ3v) is 2.52. The predicted molar refractivity (Wildman–Crippen MR) is 56.1 cm³/mol. The molecule has 14 heavy (non-hydrogen) atoms. The van der Waals surface area contributed by atoms with Crippen molar-refractivity contribution < 1.29 is 9.53 Å². The molecule has 78 valence electrons. The van der Waals surface area contributed by atoms with Gasteiger partial charge >= 0.3 is 0 Å². The van der Waals surface area contributed by atoms with Crippen molar-refractivity contribution in [3.63, 3.8) is 0 Å². The number of nitrogens with one attached hydrogen (secondary N) is 1. The molecule has 0 aromatic carbocycles. The van der Waals surface area contributed by atoms with Crippen LogP contribution in [0, 0.1) is 0 Å². The van der Waals surface area contributed by atoms with Crippen LogP contribution in [0.15, 0.2) is 16.8 Å². The SMILES string of the molecule is COCCNC(C(N)=O)c1ccsc1. The Hall–Kier alpha value is -0.910. The van der Waals surface area contributed by atoms with E-state index in [4.69, 9.17) is 10.5 Å². The lowest BCUT2D eigenvalue weighted by Crippen LogP contribution is -2.35. The van der Waals surface area contributed by atoms with Gasteiger partial charge in [-0.3, -0.25) is 10.1 Å². The molecule has 0 aliphatic rings. The Labute approximate surface area is 87.1 Å². The Balaban J connectivity index is 2.52. The molecule has 3 N–H and O–H groups in total. The first kappa shape index (κ1) is 11.2. The first-order valence-electron chi connectivity index (χ1n) is 4.29. The Kier molecular flexibility index (Phi) is 4.58. The van der Waals surface area contributed by atoms with Gasteiger partial charge in [-0.25, -0.2) is 0 Å². The number of ether oxygens (including phenoxy) is 1. The number of amides is 1. The van der Waals surface area contributed by atoms with Crippen LogP contribution >= 0.6 is 11.3 Å². The number of nitrogens with two attached hydrogens (primary N) is 1. The summed E-state index contributed by atoms with van der Waals surface area (Å²) < 4.78 is 4.88. The van der Waals surface area contributed by atoms with E-state index in [2.05, 4.69) is 5.32 Å². The quantitative estimate of drug-likeness (QED) is 0.678. The van der Waals surface area contributed by atoms with Crippen LogP contribution in [0.5, 0.6) is 0 Å². The highest BCUT2D eigenvalue weighted by atomic mass is 32.1. The summed E-state index contributed by atoms with van der Waals surface area (Å²) >= 11 is 1.55. The fourth-order valence-corrected chi connectivity index (χ4v) is 1.81. The van der Waals surface area contributed by atoms with E-state index in [1.807, 2.05) is 16.8 Å². The largest absolute Gasteiger partial charge is 0.383 e. The van der Waals surface area contributed by atoms with Crippen LogP contribution < -0.4 is 11.1 Å². The second-order valence-electron chi connectivity index (χ2n) is 2.84. The van der Waals surface area contributed by atoms with Crippen LogP contribution in [-0.4, -0.2) is 26.2 Å². The lowest BCUT2D eigenvalue weighted by Gasteiger charge is -2.13. The van der Waals surface area contributed by atoms with Gasteiger partial charge in [0.25, 0.3) is 0 Å². The zero-order valence-corrected chi connectivity index (χ0v) is 8.84. The molecule has 0 radical (unpaired) electrons. The smallest absolute Gasteiger partial charge is 0.239 e. The monoisotopic (exact) mass is 214 g/mol. The minimum atomic E-state index is -0.406. The maximum atomic E-state index is 11.1. The summed E-state index contributed by atoms with van der Waals surface area (Å²) in [4.78, 5) is 11.1. The summed E-state index contributed by atoms with van der Waals surface area (Å²) in [6.45, 7) is 1.17. The number of carbonyl (C=O) groups excluding carboxylic acids is 1. The summed E-state index contributed by atoms with van der Waals surface area (Å²) in [7, 11) is 1.62. The Morgan fingerprint density at radius 1 is 1.79 bits per heavy atom. The third kappa shape index (κ3) is 3.10. The lowest BCUT2D eigenvalue weighted by atomic mass is 10.1. The van der Waals surface area contributed by atoms with E-state index in [-0.39, 0.29) is 5.91 Å². The molecule has 1 atom stereocenters. The van der Waals surface area contributed by atoms with E-state index in [0.29, 0.717) is 13.2 Å². The maximum absolute atomic E-state index is 11.1. The first-order valence-corrected chi connectivity index (χ1v) is 5.23. The molecule has 0 aliphatic heterocycles. The van der Waals surface area contributed by atoms with E-state index in [1.54, 1.807) is 18.4 Å². The molecule has 1 aromatic rings. The van der Waals surface area contributed by atoms with Crippen molar-refractivity contribution in [2.75, 3.05) is 20.3 Å². The van der Waals surface area contributed by atoms with Crippen molar-refractivity contribution in [2.45, 2.75) is 6.04 Å². The zero-order valence-electron chi connectivity index (χ0n) is 8.03. The van der Waals surface area contributed by atoms with Gasteiger partial charge in [0.1, 0.15) is 6.04 Å². The van der Waals surface area contributed by atoms with Gasteiger partial charge in [-0.1, -0.05) is 0 Å². The van der Waals surface area contributed by atoms with Crippen molar-refractivity contribution in [1.82, 2.24) is 5.32 Å². The molecule has 0 spiro atoms. The Morgan fingerprint density at radius 3 is 3.07 bits per heavy atom. The minimum Gasteiger partial charge on any atom is -0.383 e. The van der Waals surface area contributed by atoms with Crippen molar-refractivity contribution in [3.8, 4) is 0 Å². The van der Waals surface area contributed by atoms with Gasteiger partial charge in [0.05, 0.1) is 6.61 Å². The highest BCUT2D eigenvalue weighted by molar-refractivity contribution is 7.08. The average Bonchev–Trinajstić information content (AvgIpc) is 2.64. The Bertz CT molecular complexity index is 274. The molecule has 1 unspecified atom stereocenters. The summed E-state index contributed by atoms with van der Waals surface area (Å²) in [5.74, 6) is -0.362. The van der Waals surface area contributed by atoms with E-state index in [1.165, 1.54) is 0 Å². The molecule has 1 aromatic heterocycles. The Morgan fingerprint density at radius 2 is 2.57 bits per heavy atom. The molecule has 1 rings (SSSR count). The number of thiophene rings is 1. The number of hydrogen-bond donors (Lipinski definition) is 2. The van der Waals surface area contributed by atoms with Crippen molar-refractivity contribution in [2.24, 2.45) is 5.73 Å². The number of methoxy groups -OCH3 is 1. The molecule has 0 saturated carbocycles. The number of carbonyl (C=O) groups is 1. The number of hydrogen-bond acceptors (Lipinski definition) is 4. The van der Waals surface area contributed by atoms with E-state index in [9.17, 15) is 4.79 Å². The standard InChI is InChI=1S/C9H14N2O2S/c1-13-4-3-11-8(9(10)12)7-2-5-14-6-7/h2,5-6,8,11H,3-4H2,1H3,(H2,10,12). The van der Waals surface area contributed by atoms with Gasteiger partial charge in [-0.05, 0) is 22.4 Å². The van der Waals surface area contributed by atoms with Crippen molar-refractivity contribution in [3.05, 3.63) is 22.4 Å². The van der Waals surface area contributed by atoms with Gasteiger partial charge in [-0.15, -0.1) is 0 Å². The molecule has 0 aliphatic carbocycles. The second-order valence-corrected chi connectivity index (χ2v) is 3.62. The van der Waals surface area contributed by atoms with Crippen molar-refractivity contribution >= 4 is 17.2 Å². The molecule has 0 saturated heterocycles. The van der Waals surface area contributed by atoms with Crippen LogP contribution in [-0.2, 0) is 9.53 Å². The summed E-state index contributed by atoms with van der Waals surface area (Å²) in [5, 5.41) is 6.86. The average molecular weight is 214 g/mol. The van der Waals surface area contributed by atoms with Gasteiger partial charge in [0, 0.05) is 13.7 Å². The number of primary amides is 1. The van der Waals surface area contributed by atoms with Crippen LogP contribution in [0.4, 0.5) is 0 Å². The van der Waals surface area contributed by atoms with Crippen LogP contribution in [0.3, 0.4) is 0 Å². The predicted octanol–water partition coefficient (Wildman–Crippen LogP) is 0.511. The normalized spacial score (nSPS) is 12.6. The van der Waals surface area contributed by atoms with Gasteiger partial charge in [0.2, 0.25) is 5.91 Å². The molecule has 0 fully saturated rings. The molecule has 4 nitrogen and oxygen atoms in total. The fraction of sp³-hybridized carbons (Fsp3) is 0.444. The minimum absolute atomic E-state index is 0.362. The van der Waals surface area contributed by atoms with Gasteiger partial charge in [-0.2, -0.15) is 11.3 Å². The zero-order chi connectivity index (χ0) is 10.4. The summed E-state index contributed by atoms with van der Waals surface area (Å²) in [6, 6.07) is 1.48. The fourth-order valence-electron chi connectivity index (χ4n) is 1.13. The highest BCUT2D eigenvalue weighted by Crippen LogP contribution is 2.15. The maximum Gasteiger partial charge on any atom is 0.239 e. The summed E-state index contributed by atoms with van der Waals surface area (Å²) in [5.41, 5.74) is 6.19. The van der Waals surface area contributed by atoms with Gasteiger partial charge in [0.15, 0.2) is 0 Å². The van der Waals surface area contributed by atoms with E-state index >= 15 is 0 Å². The molecule has 5 heteroatoms. The topological polar surface area (TPSA) is 64.3 Å². The number of rotatable bonds is 6. The second kappa shape index (κ2) is 5.74. The van der Waals surface area contributed by atoms with E-state index < -0.39 is 6.04 Å². The van der Waals surface area contributed by atoms with Gasteiger partial charge < -0.3 is 10.5 Å². The van der Waals surface area contributed by atoms with Crippen LogP contribution in [0.2, 0.25) is 0 Å². The molecular formula is C9H14N2O2S. The third-order valence-electron chi connectivity index (χ3n) is 1.82. The van der Waals surface area contributed by atoms with Crippen LogP contribution in [0.25, 0.3) is 0 Å². The highest BCUT2D eigenvalue weighted by Gasteiger charge is 2.16. The summed E-state index contributed by atoms with van der Waals surface area (Å²) in [6.07, 6.45) is 0. The molecule has 0 bridgehead atoms. The molecule has 1 heterocycles. The van der Waals surface area contributed by atoms with E-state index in [0.717, 1.165) is 5.56 Å². The molecule has 1 amide bonds. The van der Waals surface area contributed by atoms with Crippen LogP contribution in [0.1, 0.15) is 11.6 Å². The van der Waals surface area contributed by atoms with Crippen molar-refractivity contribution in [1.29, 1.82) is 0 Å². The molecular weight excluding hydrogens is 200 g/mol.